The van der Waals surface area contributed by atoms with E-state index in [2.05, 4.69) is 0 Å². The van der Waals surface area contributed by atoms with Crippen LogP contribution in [-0.4, -0.2) is 22.6 Å². The van der Waals surface area contributed by atoms with Crippen LogP contribution in [0.15, 0.2) is 30.3 Å². The number of benzene rings is 2. The zero-order valence-electron chi connectivity index (χ0n) is 13.5. The third kappa shape index (κ3) is 4.59. The van der Waals surface area contributed by atoms with E-state index in [1.807, 2.05) is 0 Å². The summed E-state index contributed by atoms with van der Waals surface area (Å²) in [6.45, 7) is 1.68. The molecular weight excluding hydrogens is 395 g/mol. The molecule has 0 heterocycles. The first-order valence-electron chi connectivity index (χ1n) is 7.27. The first-order chi connectivity index (χ1) is 12.5. The van der Waals surface area contributed by atoms with E-state index in [4.69, 9.17) is 26.2 Å². The molecule has 0 aliphatic carbocycles. The highest BCUT2D eigenvalue weighted by Gasteiger charge is 2.33. The third-order valence-corrected chi connectivity index (χ3v) is 3.53. The lowest BCUT2D eigenvalue weighted by Crippen LogP contribution is -2.06. The molecule has 2 rings (SSSR count). The number of hydrogen-bond acceptors (Lipinski definition) is 5. The van der Waals surface area contributed by atoms with E-state index in [0.29, 0.717) is 12.1 Å². The molecule has 0 saturated heterocycles. The van der Waals surface area contributed by atoms with Crippen molar-refractivity contribution in [3.05, 3.63) is 56.6 Å². The van der Waals surface area contributed by atoms with Crippen molar-refractivity contribution in [2.75, 3.05) is 6.61 Å². The molecule has 0 aliphatic heterocycles. The monoisotopic (exact) mass is 405 g/mol. The highest BCUT2D eigenvalue weighted by molar-refractivity contribution is 6.32. The van der Waals surface area contributed by atoms with Gasteiger partial charge in [-0.15, -0.1) is 0 Å². The predicted octanol–water partition coefficient (Wildman–Crippen LogP) is 5.16. The first kappa shape index (κ1) is 20.3. The van der Waals surface area contributed by atoms with Crippen LogP contribution in [0, 0.1) is 10.1 Å². The van der Waals surface area contributed by atoms with Crippen molar-refractivity contribution in [3.8, 4) is 17.2 Å². The molecule has 0 aliphatic rings. The summed E-state index contributed by atoms with van der Waals surface area (Å²) < 4.78 is 48.9. The third-order valence-electron chi connectivity index (χ3n) is 3.25. The molecular formula is C16H11ClF3NO6. The van der Waals surface area contributed by atoms with Crippen LogP contribution in [0.2, 0.25) is 5.02 Å². The number of aromatic carboxylic acids is 1. The molecule has 0 unspecified atom stereocenters. The number of hydrogen-bond donors (Lipinski definition) is 1. The van der Waals surface area contributed by atoms with Gasteiger partial charge < -0.3 is 14.6 Å². The number of halogens is 4. The number of nitrogens with zero attached hydrogens (tertiary/aromatic N) is 1. The molecule has 11 heteroatoms. The molecule has 0 saturated carbocycles. The van der Waals surface area contributed by atoms with Gasteiger partial charge in [0.1, 0.15) is 0 Å². The fourth-order valence-electron chi connectivity index (χ4n) is 2.09. The zero-order valence-corrected chi connectivity index (χ0v) is 14.3. The lowest BCUT2D eigenvalue weighted by molar-refractivity contribution is -0.385. The maximum Gasteiger partial charge on any atom is 0.416 e. The van der Waals surface area contributed by atoms with E-state index < -0.39 is 34.1 Å². The van der Waals surface area contributed by atoms with Crippen molar-refractivity contribution in [2.24, 2.45) is 0 Å². The number of carboxylic acids is 1. The summed E-state index contributed by atoms with van der Waals surface area (Å²) in [6, 6.07) is 3.83. The molecule has 0 amide bonds. The van der Waals surface area contributed by atoms with Crippen LogP contribution in [0.3, 0.4) is 0 Å². The van der Waals surface area contributed by atoms with Crippen molar-refractivity contribution >= 4 is 23.3 Å². The summed E-state index contributed by atoms with van der Waals surface area (Å²) in [5.41, 5.74) is -2.39. The van der Waals surface area contributed by atoms with Gasteiger partial charge >= 0.3 is 17.8 Å². The molecule has 0 fully saturated rings. The van der Waals surface area contributed by atoms with Gasteiger partial charge in [-0.2, -0.15) is 13.2 Å². The molecule has 27 heavy (non-hydrogen) atoms. The highest BCUT2D eigenvalue weighted by atomic mass is 35.5. The molecule has 1 N–H and O–H groups in total. The lowest BCUT2D eigenvalue weighted by atomic mass is 10.1. The Labute approximate surface area is 155 Å². The van der Waals surface area contributed by atoms with Gasteiger partial charge in [0, 0.05) is 6.07 Å². The maximum absolute atomic E-state index is 12.8. The minimum absolute atomic E-state index is 0.0882. The SMILES string of the molecule is CCOc1cc(C(=O)O)cc(Cl)c1Oc1ccc(C(F)(F)F)cc1[N+](=O)[O-]. The summed E-state index contributed by atoms with van der Waals surface area (Å²) in [7, 11) is 0. The van der Waals surface area contributed by atoms with Gasteiger partial charge in [0.2, 0.25) is 5.75 Å². The number of nitro benzene ring substituents is 1. The van der Waals surface area contributed by atoms with Crippen LogP contribution in [0.25, 0.3) is 0 Å². The van der Waals surface area contributed by atoms with E-state index in [-0.39, 0.29) is 28.7 Å². The van der Waals surface area contributed by atoms with E-state index in [1.165, 1.54) is 0 Å². The standard InChI is InChI=1S/C16H11ClF3NO6/c1-2-26-13-6-8(15(22)23)5-10(17)14(13)27-12-4-3-9(16(18,19)20)7-11(12)21(24)25/h3-7H,2H2,1H3,(H,22,23). The molecule has 7 nitrogen and oxygen atoms in total. The second-order valence-corrected chi connectivity index (χ2v) is 5.47. The fraction of sp³-hybridized carbons (Fsp3) is 0.188. The van der Waals surface area contributed by atoms with Crippen LogP contribution in [0.5, 0.6) is 17.2 Å². The number of rotatable bonds is 6. The van der Waals surface area contributed by atoms with Gasteiger partial charge in [0.15, 0.2) is 11.5 Å². The largest absolute Gasteiger partial charge is 0.490 e. The Morgan fingerprint density at radius 3 is 2.44 bits per heavy atom. The molecule has 0 spiro atoms. The van der Waals surface area contributed by atoms with Crippen molar-refractivity contribution in [2.45, 2.75) is 13.1 Å². The molecule has 2 aromatic carbocycles. The number of ether oxygens (including phenoxy) is 2. The average molecular weight is 406 g/mol. The van der Waals surface area contributed by atoms with Gasteiger partial charge in [-0.05, 0) is 31.2 Å². The van der Waals surface area contributed by atoms with Gasteiger partial charge in [0.05, 0.1) is 27.7 Å². The molecule has 0 atom stereocenters. The maximum atomic E-state index is 12.8. The zero-order chi connectivity index (χ0) is 20.4. The van der Waals surface area contributed by atoms with E-state index in [0.717, 1.165) is 18.2 Å². The second-order valence-electron chi connectivity index (χ2n) is 5.06. The number of carbonyl (C=O) groups is 1. The topological polar surface area (TPSA) is 98.9 Å². The Hall–Kier alpha value is -3.01. The van der Waals surface area contributed by atoms with Crippen LogP contribution >= 0.6 is 11.6 Å². The Kier molecular flexibility index (Phi) is 5.79. The number of alkyl halides is 3. The van der Waals surface area contributed by atoms with E-state index in [9.17, 15) is 28.1 Å². The van der Waals surface area contributed by atoms with Crippen molar-refractivity contribution in [1.29, 1.82) is 0 Å². The Bertz CT molecular complexity index is 900. The summed E-state index contributed by atoms with van der Waals surface area (Å²) in [5.74, 6) is -2.20. The molecule has 0 bridgehead atoms. The van der Waals surface area contributed by atoms with Gasteiger partial charge in [-0.3, -0.25) is 10.1 Å². The summed E-state index contributed by atoms with van der Waals surface area (Å²) in [4.78, 5) is 21.2. The fourth-order valence-corrected chi connectivity index (χ4v) is 2.34. The Morgan fingerprint density at radius 1 is 1.26 bits per heavy atom. The van der Waals surface area contributed by atoms with E-state index >= 15 is 0 Å². The minimum Gasteiger partial charge on any atom is -0.490 e. The van der Waals surface area contributed by atoms with Crippen LogP contribution < -0.4 is 9.47 Å². The second kappa shape index (κ2) is 7.70. The van der Waals surface area contributed by atoms with Crippen molar-refractivity contribution in [3.63, 3.8) is 0 Å². The lowest BCUT2D eigenvalue weighted by Gasteiger charge is -2.15. The molecule has 0 aromatic heterocycles. The van der Waals surface area contributed by atoms with Crippen LogP contribution in [0.4, 0.5) is 18.9 Å². The Morgan fingerprint density at radius 2 is 1.93 bits per heavy atom. The summed E-state index contributed by atoms with van der Waals surface area (Å²) in [6.07, 6.45) is -4.78. The van der Waals surface area contributed by atoms with Crippen molar-refractivity contribution in [1.82, 2.24) is 0 Å². The first-order valence-corrected chi connectivity index (χ1v) is 7.65. The Balaban J connectivity index is 2.56. The smallest absolute Gasteiger partial charge is 0.416 e. The number of carboxylic acid groups (broad SMARTS) is 1. The summed E-state index contributed by atoms with van der Waals surface area (Å²) in [5, 5.41) is 20.0. The van der Waals surface area contributed by atoms with Crippen molar-refractivity contribution < 1.29 is 37.5 Å². The molecule has 0 radical (unpaired) electrons. The quantitative estimate of drug-likeness (QED) is 0.526. The van der Waals surface area contributed by atoms with Gasteiger partial charge in [-0.25, -0.2) is 4.79 Å². The molecule has 144 valence electrons. The van der Waals surface area contributed by atoms with E-state index in [1.54, 1.807) is 6.92 Å². The van der Waals surface area contributed by atoms with Crippen LogP contribution in [0.1, 0.15) is 22.8 Å². The average Bonchev–Trinajstić information content (AvgIpc) is 2.56. The summed E-state index contributed by atoms with van der Waals surface area (Å²) >= 11 is 5.98. The molecule has 2 aromatic rings. The minimum atomic E-state index is -4.78. The normalized spacial score (nSPS) is 11.1. The number of nitro groups is 1. The van der Waals surface area contributed by atoms with Gasteiger partial charge in [-0.1, -0.05) is 11.6 Å². The highest BCUT2D eigenvalue weighted by Crippen LogP contribution is 2.43. The predicted molar refractivity (Wildman–Crippen MR) is 87.8 cm³/mol. The van der Waals surface area contributed by atoms with Crippen LogP contribution in [-0.2, 0) is 6.18 Å². The van der Waals surface area contributed by atoms with Gasteiger partial charge in [0.25, 0.3) is 0 Å².